The van der Waals surface area contributed by atoms with Gasteiger partial charge in [0.05, 0.1) is 11.1 Å². The Labute approximate surface area is 174 Å². The number of hydrazone groups is 1. The smallest absolute Gasteiger partial charge is 0.278 e. The lowest BCUT2D eigenvalue weighted by Gasteiger charge is -2.20. The molecule has 10 heteroatoms. The fourth-order valence-corrected chi connectivity index (χ4v) is 3.08. The van der Waals surface area contributed by atoms with Crippen LogP contribution in [0.1, 0.15) is 36.9 Å². The summed E-state index contributed by atoms with van der Waals surface area (Å²) in [6, 6.07) is 7.62. The van der Waals surface area contributed by atoms with Crippen LogP contribution in [0.15, 0.2) is 35.4 Å². The Hall–Kier alpha value is -3.56. The lowest BCUT2D eigenvalue weighted by molar-refractivity contribution is -0.384. The number of hydrogen-bond donors (Lipinski definition) is 1. The molecule has 0 aliphatic carbocycles. The maximum Gasteiger partial charge on any atom is 0.278 e. The van der Waals surface area contributed by atoms with Gasteiger partial charge in [0.25, 0.3) is 11.6 Å². The van der Waals surface area contributed by atoms with Crippen molar-refractivity contribution in [2.75, 3.05) is 24.6 Å². The number of carbonyl (C=O) groups is 1. The van der Waals surface area contributed by atoms with Crippen molar-refractivity contribution >= 4 is 23.8 Å². The Morgan fingerprint density at radius 1 is 1.27 bits per heavy atom. The van der Waals surface area contributed by atoms with Gasteiger partial charge in [0.1, 0.15) is 0 Å². The molecular weight excluding hydrogens is 388 g/mol. The van der Waals surface area contributed by atoms with E-state index in [1.54, 1.807) is 18.2 Å². The van der Waals surface area contributed by atoms with Crippen molar-refractivity contribution in [1.82, 2.24) is 15.4 Å². The second-order valence-electron chi connectivity index (χ2n) is 6.98. The number of hydrogen-bond acceptors (Lipinski definition) is 8. The number of carbonyl (C=O) groups excluding carboxylic acids is 1. The van der Waals surface area contributed by atoms with Gasteiger partial charge in [0.2, 0.25) is 11.8 Å². The van der Waals surface area contributed by atoms with Gasteiger partial charge in [-0.15, -0.1) is 0 Å². The Kier molecular flexibility index (Phi) is 7.25. The molecule has 1 saturated heterocycles. The van der Waals surface area contributed by atoms with Crippen LogP contribution in [0.2, 0.25) is 0 Å². The van der Waals surface area contributed by atoms with Crippen LogP contribution >= 0.6 is 0 Å². The van der Waals surface area contributed by atoms with Gasteiger partial charge in [-0.25, -0.2) is 10.4 Å². The first-order valence-electron chi connectivity index (χ1n) is 9.81. The molecule has 10 nitrogen and oxygen atoms in total. The van der Waals surface area contributed by atoms with Crippen LogP contribution < -0.4 is 15.1 Å². The molecule has 1 aliphatic rings. The third-order valence-electron chi connectivity index (χ3n) is 4.54. The van der Waals surface area contributed by atoms with Crippen LogP contribution in [0.3, 0.4) is 0 Å². The summed E-state index contributed by atoms with van der Waals surface area (Å²) in [5.74, 6) is 0.486. The van der Waals surface area contributed by atoms with Crippen LogP contribution in [0, 0.1) is 17.0 Å². The summed E-state index contributed by atoms with van der Waals surface area (Å²) < 4.78 is 5.51. The zero-order chi connectivity index (χ0) is 21.3. The highest BCUT2D eigenvalue weighted by atomic mass is 16.6. The van der Waals surface area contributed by atoms with E-state index < -0.39 is 10.8 Å². The lowest BCUT2D eigenvalue weighted by Crippen LogP contribution is -2.27. The molecule has 2 aromatic rings. The number of benzene rings is 1. The zero-order valence-electron chi connectivity index (χ0n) is 16.8. The normalized spacial score (nSPS) is 14.4. The third-order valence-corrected chi connectivity index (χ3v) is 4.54. The van der Waals surface area contributed by atoms with Crippen LogP contribution in [-0.4, -0.2) is 46.7 Å². The van der Waals surface area contributed by atoms with E-state index in [4.69, 9.17) is 4.74 Å². The first kappa shape index (κ1) is 21.2. The van der Waals surface area contributed by atoms with E-state index in [1.807, 2.05) is 6.92 Å². The Balaban J connectivity index is 1.54. The van der Waals surface area contributed by atoms with Crippen molar-refractivity contribution < 1.29 is 14.5 Å². The van der Waals surface area contributed by atoms with Gasteiger partial charge in [-0.3, -0.25) is 14.9 Å². The quantitative estimate of drug-likeness (QED) is 0.421. The lowest BCUT2D eigenvalue weighted by atomic mass is 10.2. The summed E-state index contributed by atoms with van der Waals surface area (Å²) in [6.07, 6.45) is 5.97. The van der Waals surface area contributed by atoms with Crippen molar-refractivity contribution in [1.29, 1.82) is 0 Å². The van der Waals surface area contributed by atoms with E-state index in [9.17, 15) is 14.9 Å². The fraction of sp³-hybridized carbons (Fsp3) is 0.400. The second kappa shape index (κ2) is 10.3. The van der Waals surface area contributed by atoms with Gasteiger partial charge in [-0.1, -0.05) is 25.0 Å². The molecule has 0 atom stereocenters. The molecule has 2 heterocycles. The largest absolute Gasteiger partial charge is 0.467 e. The Bertz CT molecular complexity index is 925. The minimum atomic E-state index is -0.493. The molecule has 1 amide bonds. The van der Waals surface area contributed by atoms with Gasteiger partial charge in [-0.05, 0) is 19.8 Å². The van der Waals surface area contributed by atoms with Crippen molar-refractivity contribution in [2.45, 2.75) is 32.6 Å². The van der Waals surface area contributed by atoms with Crippen LogP contribution in [0.25, 0.3) is 0 Å². The summed E-state index contributed by atoms with van der Waals surface area (Å²) >= 11 is 0. The van der Waals surface area contributed by atoms with Gasteiger partial charge >= 0.3 is 0 Å². The van der Waals surface area contributed by atoms with E-state index >= 15 is 0 Å². The molecule has 1 aliphatic heterocycles. The second-order valence-corrected chi connectivity index (χ2v) is 6.98. The van der Waals surface area contributed by atoms with Crippen LogP contribution in [0.4, 0.5) is 11.6 Å². The number of aryl methyl sites for hydroxylation is 1. The summed E-state index contributed by atoms with van der Waals surface area (Å²) in [5, 5.41) is 14.6. The average molecular weight is 412 g/mol. The molecule has 0 bridgehead atoms. The molecule has 3 rings (SSSR count). The van der Waals surface area contributed by atoms with E-state index in [-0.39, 0.29) is 12.3 Å². The molecule has 1 N–H and O–H groups in total. The van der Waals surface area contributed by atoms with E-state index in [0.29, 0.717) is 17.4 Å². The number of anilines is 1. The summed E-state index contributed by atoms with van der Waals surface area (Å²) in [5.41, 5.74) is 3.55. The molecule has 158 valence electrons. The highest BCUT2D eigenvalue weighted by Gasteiger charge is 2.14. The molecule has 0 radical (unpaired) electrons. The summed E-state index contributed by atoms with van der Waals surface area (Å²) in [6.45, 7) is 3.42. The third kappa shape index (κ3) is 6.23. The standard InChI is InChI=1S/C20H24N6O4/c1-15-11-19(23-20(22-15)25-9-4-2-3-5-10-25)30-14-18(27)24-21-13-16-7-6-8-17(12-16)26(28)29/h6-8,11-13H,2-5,9-10,14H2,1H3,(H,24,27). The molecule has 0 saturated carbocycles. The molecule has 0 spiro atoms. The summed E-state index contributed by atoms with van der Waals surface area (Å²) in [7, 11) is 0. The minimum absolute atomic E-state index is 0.0482. The topological polar surface area (TPSA) is 123 Å². The number of rotatable bonds is 7. The number of nitro groups is 1. The number of amides is 1. The highest BCUT2D eigenvalue weighted by molar-refractivity contribution is 5.83. The first-order chi connectivity index (χ1) is 14.5. The van der Waals surface area contributed by atoms with E-state index in [0.717, 1.165) is 31.6 Å². The average Bonchev–Trinajstić information content (AvgIpc) is 3.02. The monoisotopic (exact) mass is 412 g/mol. The van der Waals surface area contributed by atoms with Crippen molar-refractivity contribution in [3.63, 3.8) is 0 Å². The number of nitrogens with zero attached hydrogens (tertiary/aromatic N) is 5. The van der Waals surface area contributed by atoms with Gasteiger partial charge < -0.3 is 9.64 Å². The van der Waals surface area contributed by atoms with E-state index in [1.165, 1.54) is 31.2 Å². The van der Waals surface area contributed by atoms with Gasteiger partial charge in [0, 0.05) is 42.5 Å². The molecule has 0 unspecified atom stereocenters. The zero-order valence-corrected chi connectivity index (χ0v) is 16.8. The van der Waals surface area contributed by atoms with Gasteiger partial charge in [0.15, 0.2) is 6.61 Å². The SMILES string of the molecule is Cc1cc(OCC(=O)NN=Cc2cccc([N+](=O)[O-])c2)nc(N2CCCCCC2)n1. The van der Waals surface area contributed by atoms with Crippen molar-refractivity contribution in [3.05, 3.63) is 51.7 Å². The van der Waals surface area contributed by atoms with Crippen molar-refractivity contribution in [3.8, 4) is 5.88 Å². The maximum absolute atomic E-state index is 12.0. The van der Waals surface area contributed by atoms with Crippen molar-refractivity contribution in [2.24, 2.45) is 5.10 Å². The van der Waals surface area contributed by atoms with E-state index in [2.05, 4.69) is 25.4 Å². The maximum atomic E-state index is 12.0. The Morgan fingerprint density at radius 3 is 2.77 bits per heavy atom. The minimum Gasteiger partial charge on any atom is -0.467 e. The molecule has 1 fully saturated rings. The fourth-order valence-electron chi connectivity index (χ4n) is 3.08. The van der Waals surface area contributed by atoms with Crippen LogP contribution in [-0.2, 0) is 4.79 Å². The summed E-state index contributed by atoms with van der Waals surface area (Å²) in [4.78, 5) is 33.4. The number of aromatic nitrogens is 2. The Morgan fingerprint density at radius 2 is 2.03 bits per heavy atom. The molecule has 1 aromatic carbocycles. The first-order valence-corrected chi connectivity index (χ1v) is 9.81. The predicted molar refractivity (Wildman–Crippen MR) is 112 cm³/mol. The predicted octanol–water partition coefficient (Wildman–Crippen LogP) is 2.60. The number of nitrogens with one attached hydrogen (secondary N) is 1. The molecule has 1 aromatic heterocycles. The number of non-ortho nitro benzene ring substituents is 1. The molecular formula is C20H24N6O4. The molecule has 30 heavy (non-hydrogen) atoms. The number of ether oxygens (including phenoxy) is 1. The number of nitro benzene ring substituents is 1. The van der Waals surface area contributed by atoms with Gasteiger partial charge in [-0.2, -0.15) is 10.1 Å². The van der Waals surface area contributed by atoms with Crippen LogP contribution in [0.5, 0.6) is 5.88 Å². The highest BCUT2D eigenvalue weighted by Crippen LogP contribution is 2.19.